The molecule has 1 aromatic heterocycles. The van der Waals surface area contributed by atoms with Crippen molar-refractivity contribution in [2.45, 2.75) is 19.9 Å². The number of fused-ring (bicyclic) bond motifs is 1. The molecule has 0 radical (unpaired) electrons. The van der Waals surface area contributed by atoms with E-state index in [9.17, 15) is 14.7 Å². The second-order valence-corrected chi connectivity index (χ2v) is 5.16. The van der Waals surface area contributed by atoms with Crippen LogP contribution in [-0.4, -0.2) is 34.0 Å². The van der Waals surface area contributed by atoms with E-state index in [2.05, 4.69) is 15.5 Å². The minimum atomic E-state index is -1.19. The van der Waals surface area contributed by atoms with Gasteiger partial charge in [0.25, 0.3) is 5.91 Å². The second-order valence-electron chi connectivity index (χ2n) is 5.16. The average molecular weight is 317 g/mol. The van der Waals surface area contributed by atoms with Gasteiger partial charge >= 0.3 is 5.97 Å². The Kier molecular flexibility index (Phi) is 3.65. The first kappa shape index (κ1) is 14.9. The molecule has 2 heterocycles. The third-order valence-corrected chi connectivity index (χ3v) is 3.63. The molecular formula is C15H15N3O5. The van der Waals surface area contributed by atoms with E-state index in [4.69, 9.17) is 9.47 Å². The first-order valence-electron chi connectivity index (χ1n) is 6.92. The Morgan fingerprint density at radius 3 is 2.70 bits per heavy atom. The van der Waals surface area contributed by atoms with Gasteiger partial charge in [0.15, 0.2) is 17.5 Å². The number of ether oxygens (including phenoxy) is 2. The number of aryl methyl sites for hydroxylation is 2. The zero-order chi connectivity index (χ0) is 16.6. The van der Waals surface area contributed by atoms with Gasteiger partial charge in [0.2, 0.25) is 6.79 Å². The number of aliphatic carboxylic acids is 1. The molecule has 0 spiro atoms. The first-order chi connectivity index (χ1) is 11.0. The van der Waals surface area contributed by atoms with E-state index in [1.54, 1.807) is 26.0 Å². The van der Waals surface area contributed by atoms with Crippen LogP contribution in [0.2, 0.25) is 0 Å². The lowest BCUT2D eigenvalue weighted by molar-refractivity contribution is -0.139. The number of aromatic nitrogens is 2. The van der Waals surface area contributed by atoms with Gasteiger partial charge in [0, 0.05) is 16.8 Å². The summed E-state index contributed by atoms with van der Waals surface area (Å²) in [5, 5.41) is 18.6. The number of hydrogen-bond acceptors (Lipinski definition) is 5. The van der Waals surface area contributed by atoms with E-state index in [1.807, 2.05) is 0 Å². The second kappa shape index (κ2) is 5.64. The highest BCUT2D eigenvalue weighted by Gasteiger charge is 2.28. The first-order valence-corrected chi connectivity index (χ1v) is 6.92. The molecule has 23 heavy (non-hydrogen) atoms. The molecule has 120 valence electrons. The quantitative estimate of drug-likeness (QED) is 0.783. The summed E-state index contributed by atoms with van der Waals surface area (Å²) in [6, 6.07) is 3.50. The number of aromatic amines is 1. The van der Waals surface area contributed by atoms with Crippen molar-refractivity contribution in [2.75, 3.05) is 6.79 Å². The minimum absolute atomic E-state index is 0.103. The lowest BCUT2D eigenvalue weighted by atomic mass is 10.0. The molecule has 0 saturated heterocycles. The van der Waals surface area contributed by atoms with Gasteiger partial charge in [0.05, 0.1) is 5.69 Å². The van der Waals surface area contributed by atoms with Crippen LogP contribution in [0.5, 0.6) is 11.5 Å². The predicted octanol–water partition coefficient (Wildman–Crippen LogP) is 1.31. The van der Waals surface area contributed by atoms with Crippen molar-refractivity contribution in [3.05, 3.63) is 40.7 Å². The smallest absolute Gasteiger partial charge is 0.331 e. The maximum atomic E-state index is 12.4. The Balaban J connectivity index is 1.86. The van der Waals surface area contributed by atoms with Gasteiger partial charge < -0.3 is 19.9 Å². The summed E-state index contributed by atoms with van der Waals surface area (Å²) >= 11 is 0. The molecule has 1 aromatic carbocycles. The Bertz CT molecular complexity index is 764. The van der Waals surface area contributed by atoms with Crippen molar-refractivity contribution < 1.29 is 24.2 Å². The normalized spacial score (nSPS) is 13.7. The molecule has 1 atom stereocenters. The molecule has 0 aliphatic carbocycles. The van der Waals surface area contributed by atoms with Gasteiger partial charge in [-0.1, -0.05) is 0 Å². The number of carboxylic acid groups (broad SMARTS) is 1. The van der Waals surface area contributed by atoms with E-state index in [0.29, 0.717) is 34.0 Å². The number of benzene rings is 1. The Morgan fingerprint density at radius 2 is 2.04 bits per heavy atom. The molecule has 2 aromatic rings. The van der Waals surface area contributed by atoms with Crippen molar-refractivity contribution >= 4 is 11.9 Å². The summed E-state index contributed by atoms with van der Waals surface area (Å²) in [7, 11) is 0. The van der Waals surface area contributed by atoms with Crippen LogP contribution in [0.4, 0.5) is 0 Å². The molecule has 0 bridgehead atoms. The highest BCUT2D eigenvalue weighted by atomic mass is 16.7. The lowest BCUT2D eigenvalue weighted by Gasteiger charge is -2.15. The summed E-state index contributed by atoms with van der Waals surface area (Å²) in [5.74, 6) is -0.666. The molecule has 8 heteroatoms. The predicted molar refractivity (Wildman–Crippen MR) is 78.5 cm³/mol. The number of carboxylic acids is 1. The van der Waals surface area contributed by atoms with Crippen LogP contribution < -0.4 is 14.8 Å². The molecule has 8 nitrogen and oxygen atoms in total. The van der Waals surface area contributed by atoms with Gasteiger partial charge in [-0.3, -0.25) is 9.89 Å². The number of rotatable bonds is 4. The Hall–Kier alpha value is -3.03. The van der Waals surface area contributed by atoms with Crippen LogP contribution in [-0.2, 0) is 4.79 Å². The monoisotopic (exact) mass is 317 g/mol. The highest BCUT2D eigenvalue weighted by Crippen LogP contribution is 2.32. The fourth-order valence-electron chi connectivity index (χ4n) is 2.49. The topological polar surface area (TPSA) is 114 Å². The van der Waals surface area contributed by atoms with Gasteiger partial charge in [-0.2, -0.15) is 5.10 Å². The number of H-pyrrole nitrogens is 1. The molecule has 3 rings (SSSR count). The number of nitrogens with one attached hydrogen (secondary N) is 2. The number of carbonyl (C=O) groups is 2. The third kappa shape index (κ3) is 2.70. The van der Waals surface area contributed by atoms with E-state index >= 15 is 0 Å². The lowest BCUT2D eigenvalue weighted by Crippen LogP contribution is -2.34. The molecule has 0 saturated carbocycles. The molecular weight excluding hydrogens is 302 g/mol. The fourth-order valence-corrected chi connectivity index (χ4v) is 2.49. The van der Waals surface area contributed by atoms with Crippen molar-refractivity contribution in [3.8, 4) is 11.5 Å². The fraction of sp³-hybridized carbons (Fsp3) is 0.267. The van der Waals surface area contributed by atoms with Gasteiger partial charge in [-0.25, -0.2) is 4.79 Å². The van der Waals surface area contributed by atoms with Crippen LogP contribution in [0.3, 0.4) is 0 Å². The number of amides is 1. The SMILES string of the molecule is Cc1n[nH]c(C)c1[C@H](NC(=O)c1ccc2c(c1)OCO2)C(=O)O. The molecule has 1 aliphatic rings. The standard InChI is InChI=1S/C15H15N3O5/c1-7-12(8(2)18-17-7)13(15(20)21)16-14(19)9-3-4-10-11(5-9)23-6-22-10/h3-5,13H,6H2,1-2H3,(H,16,19)(H,17,18)(H,20,21)/t13-/m0/s1. The van der Waals surface area contributed by atoms with Crippen LogP contribution in [0.25, 0.3) is 0 Å². The Morgan fingerprint density at radius 1 is 1.30 bits per heavy atom. The van der Waals surface area contributed by atoms with Gasteiger partial charge in [0.1, 0.15) is 0 Å². The molecule has 1 aliphatic heterocycles. The maximum Gasteiger partial charge on any atom is 0.331 e. The van der Waals surface area contributed by atoms with Crippen molar-refractivity contribution in [2.24, 2.45) is 0 Å². The van der Waals surface area contributed by atoms with E-state index in [0.717, 1.165) is 0 Å². The van der Waals surface area contributed by atoms with E-state index in [-0.39, 0.29) is 6.79 Å². The third-order valence-electron chi connectivity index (χ3n) is 3.63. The maximum absolute atomic E-state index is 12.4. The molecule has 0 unspecified atom stereocenters. The average Bonchev–Trinajstić information content (AvgIpc) is 3.11. The summed E-state index contributed by atoms with van der Waals surface area (Å²) in [4.78, 5) is 23.9. The van der Waals surface area contributed by atoms with Crippen molar-refractivity contribution in [1.82, 2.24) is 15.5 Å². The van der Waals surface area contributed by atoms with Gasteiger partial charge in [-0.05, 0) is 32.0 Å². The van der Waals surface area contributed by atoms with Crippen LogP contribution in [0, 0.1) is 13.8 Å². The summed E-state index contributed by atoms with van der Waals surface area (Å²) in [6.07, 6.45) is 0. The summed E-state index contributed by atoms with van der Waals surface area (Å²) in [5.41, 5.74) is 1.87. The number of nitrogens with zero attached hydrogens (tertiary/aromatic N) is 1. The zero-order valence-corrected chi connectivity index (χ0v) is 12.5. The van der Waals surface area contributed by atoms with Crippen LogP contribution in [0.15, 0.2) is 18.2 Å². The number of hydrogen-bond donors (Lipinski definition) is 3. The molecule has 3 N–H and O–H groups in total. The van der Waals surface area contributed by atoms with Gasteiger partial charge in [-0.15, -0.1) is 0 Å². The Labute approximate surface area is 131 Å². The molecule has 0 fully saturated rings. The number of carbonyl (C=O) groups excluding carboxylic acids is 1. The van der Waals surface area contributed by atoms with Crippen molar-refractivity contribution in [3.63, 3.8) is 0 Å². The van der Waals surface area contributed by atoms with Crippen molar-refractivity contribution in [1.29, 1.82) is 0 Å². The van der Waals surface area contributed by atoms with E-state index in [1.165, 1.54) is 6.07 Å². The molecule has 1 amide bonds. The largest absolute Gasteiger partial charge is 0.479 e. The van der Waals surface area contributed by atoms with Crippen LogP contribution >= 0.6 is 0 Å². The van der Waals surface area contributed by atoms with Crippen LogP contribution in [0.1, 0.15) is 33.4 Å². The summed E-state index contributed by atoms with van der Waals surface area (Å²) in [6.45, 7) is 3.49. The highest BCUT2D eigenvalue weighted by molar-refractivity contribution is 5.97. The summed E-state index contributed by atoms with van der Waals surface area (Å²) < 4.78 is 10.4. The minimum Gasteiger partial charge on any atom is -0.479 e. The zero-order valence-electron chi connectivity index (χ0n) is 12.5. The van der Waals surface area contributed by atoms with E-state index < -0.39 is 17.9 Å².